The molecule has 0 unspecified atom stereocenters. The van der Waals surface area contributed by atoms with Crippen LogP contribution in [0.25, 0.3) is 0 Å². The zero-order valence-corrected chi connectivity index (χ0v) is 12.6. The van der Waals surface area contributed by atoms with E-state index in [0.717, 1.165) is 6.42 Å². The van der Waals surface area contributed by atoms with Crippen molar-refractivity contribution in [3.63, 3.8) is 0 Å². The highest BCUT2D eigenvalue weighted by molar-refractivity contribution is 6.03. The van der Waals surface area contributed by atoms with Crippen LogP contribution < -0.4 is 0 Å². The van der Waals surface area contributed by atoms with Crippen molar-refractivity contribution in [2.75, 3.05) is 19.8 Å². The zero-order valence-electron chi connectivity index (χ0n) is 12.6. The van der Waals surface area contributed by atoms with Crippen molar-refractivity contribution in [3.8, 4) is 0 Å². The Kier molecular flexibility index (Phi) is 4.64. The molecule has 0 aliphatic carbocycles. The third-order valence-corrected chi connectivity index (χ3v) is 3.93. The van der Waals surface area contributed by atoms with Gasteiger partial charge in [-0.15, -0.1) is 6.58 Å². The lowest BCUT2D eigenvalue weighted by molar-refractivity contribution is -0.285. The molecule has 2 rings (SSSR count). The van der Waals surface area contributed by atoms with Crippen LogP contribution in [0, 0.1) is 5.41 Å². The number of hydrogen-bond acceptors (Lipinski definition) is 5. The van der Waals surface area contributed by atoms with E-state index in [2.05, 4.69) is 6.58 Å². The Hall–Kier alpha value is -1.46. The topological polar surface area (TPSA) is 61.8 Å². The summed E-state index contributed by atoms with van der Waals surface area (Å²) in [6.07, 6.45) is 4.82. The summed E-state index contributed by atoms with van der Waals surface area (Å²) < 4.78 is 16.2. The van der Waals surface area contributed by atoms with Gasteiger partial charge in [0.25, 0.3) is 0 Å². The van der Waals surface area contributed by atoms with Crippen molar-refractivity contribution < 1.29 is 23.8 Å². The lowest BCUT2D eigenvalue weighted by Gasteiger charge is -2.43. The summed E-state index contributed by atoms with van der Waals surface area (Å²) in [5.41, 5.74) is 0.225. The molecule has 0 aromatic heterocycles. The summed E-state index contributed by atoms with van der Waals surface area (Å²) in [6, 6.07) is 0. The quantitative estimate of drug-likeness (QED) is 0.555. The third kappa shape index (κ3) is 4.02. The van der Waals surface area contributed by atoms with Gasteiger partial charge in [-0.2, -0.15) is 0 Å². The van der Waals surface area contributed by atoms with Gasteiger partial charge in [0.15, 0.2) is 11.6 Å². The maximum atomic E-state index is 12.1. The van der Waals surface area contributed by atoms with E-state index in [0.29, 0.717) is 31.6 Å². The van der Waals surface area contributed by atoms with E-state index in [1.54, 1.807) is 0 Å². The van der Waals surface area contributed by atoms with Crippen LogP contribution in [0.4, 0.5) is 0 Å². The lowest BCUT2D eigenvalue weighted by atomic mass is 9.79. The van der Waals surface area contributed by atoms with Crippen LogP contribution in [0.1, 0.15) is 33.1 Å². The molecule has 0 amide bonds. The van der Waals surface area contributed by atoms with Crippen molar-refractivity contribution in [1.82, 2.24) is 0 Å². The second-order valence-electron chi connectivity index (χ2n) is 6.17. The molecule has 5 heteroatoms. The first-order chi connectivity index (χ1) is 9.86. The van der Waals surface area contributed by atoms with E-state index in [1.165, 1.54) is 6.08 Å². The summed E-state index contributed by atoms with van der Waals surface area (Å²) in [6.45, 7) is 8.69. The predicted molar refractivity (Wildman–Crippen MR) is 76.5 cm³/mol. The van der Waals surface area contributed by atoms with Gasteiger partial charge in [0.05, 0.1) is 13.2 Å². The minimum atomic E-state index is -0.580. The average molecular weight is 294 g/mol. The highest BCUT2D eigenvalue weighted by Gasteiger charge is 2.39. The molecule has 2 heterocycles. The molecule has 0 N–H and O–H groups in total. The monoisotopic (exact) mass is 294 g/mol. The lowest BCUT2D eigenvalue weighted by Crippen LogP contribution is -2.46. The van der Waals surface area contributed by atoms with Gasteiger partial charge in [-0.1, -0.05) is 6.08 Å². The number of Topliss-reactive ketones (excluding diaryl/α,β-unsaturated/α-hetero) is 1. The van der Waals surface area contributed by atoms with E-state index in [4.69, 9.17) is 14.2 Å². The van der Waals surface area contributed by atoms with Gasteiger partial charge in [-0.3, -0.25) is 4.79 Å². The minimum absolute atomic E-state index is 0.0471. The van der Waals surface area contributed by atoms with E-state index in [-0.39, 0.29) is 17.8 Å². The van der Waals surface area contributed by atoms with Gasteiger partial charge in [-0.05, 0) is 26.7 Å². The molecule has 0 bridgehead atoms. The normalized spacial score (nSPS) is 23.3. The Morgan fingerprint density at radius 3 is 2.57 bits per heavy atom. The molecule has 2 aliphatic heterocycles. The van der Waals surface area contributed by atoms with Gasteiger partial charge in [-0.25, -0.2) is 4.79 Å². The molecule has 0 radical (unpaired) electrons. The number of ether oxygens (including phenoxy) is 3. The summed E-state index contributed by atoms with van der Waals surface area (Å²) in [5, 5.41) is 0. The van der Waals surface area contributed by atoms with Crippen LogP contribution in [0.5, 0.6) is 0 Å². The Bertz CT molecular complexity index is 465. The fourth-order valence-corrected chi connectivity index (χ4v) is 2.48. The molecule has 0 atom stereocenters. The molecule has 0 aromatic carbocycles. The largest absolute Gasteiger partial charge is 0.458 e. The summed E-state index contributed by atoms with van der Waals surface area (Å²) in [5.74, 6) is -1.07. The minimum Gasteiger partial charge on any atom is -0.458 e. The first kappa shape index (κ1) is 15.9. The fraction of sp³-hybridized carbons (Fsp3) is 0.625. The average Bonchev–Trinajstić information content (AvgIpc) is 2.86. The Morgan fingerprint density at radius 1 is 1.38 bits per heavy atom. The molecular weight excluding hydrogens is 272 g/mol. The van der Waals surface area contributed by atoms with Gasteiger partial charge in [0.2, 0.25) is 0 Å². The molecule has 1 saturated heterocycles. The van der Waals surface area contributed by atoms with Crippen molar-refractivity contribution in [2.24, 2.45) is 5.41 Å². The number of carbonyl (C=O) groups excluding carboxylic acids is 2. The molecule has 21 heavy (non-hydrogen) atoms. The van der Waals surface area contributed by atoms with E-state index in [1.807, 2.05) is 19.9 Å². The molecule has 116 valence electrons. The van der Waals surface area contributed by atoms with E-state index < -0.39 is 11.8 Å². The second kappa shape index (κ2) is 6.12. The molecule has 2 aliphatic rings. The Labute approximate surface area is 124 Å². The van der Waals surface area contributed by atoms with E-state index in [9.17, 15) is 9.59 Å². The highest BCUT2D eigenvalue weighted by atomic mass is 16.7. The number of allylic oxidation sites excluding steroid dienone is 1. The van der Waals surface area contributed by atoms with Gasteiger partial charge in [0, 0.05) is 23.5 Å². The van der Waals surface area contributed by atoms with Crippen molar-refractivity contribution in [1.29, 1.82) is 0 Å². The number of rotatable bonds is 6. The molecule has 0 saturated carbocycles. The molecular formula is C16H22O5. The maximum absolute atomic E-state index is 12.1. The maximum Gasteiger partial charge on any atom is 0.331 e. The van der Waals surface area contributed by atoms with Crippen LogP contribution in [0.2, 0.25) is 0 Å². The zero-order chi connectivity index (χ0) is 15.5. The van der Waals surface area contributed by atoms with Crippen molar-refractivity contribution >= 4 is 11.8 Å². The van der Waals surface area contributed by atoms with Crippen LogP contribution in [0.3, 0.4) is 0 Å². The van der Waals surface area contributed by atoms with Crippen LogP contribution >= 0.6 is 0 Å². The highest BCUT2D eigenvalue weighted by Crippen LogP contribution is 2.37. The van der Waals surface area contributed by atoms with Gasteiger partial charge < -0.3 is 14.2 Å². The number of cyclic esters (lactones) is 1. The molecule has 1 fully saturated rings. The standard InChI is InChI=1S/C16H22O5/c1-4-6-16(10-20-15(2,3)21-11-16)7-5-13(17)12-8-14(18)19-9-12/h4,8H,1,5-7,9-11H2,2-3H3. The van der Waals surface area contributed by atoms with Gasteiger partial charge >= 0.3 is 5.97 Å². The number of ketones is 1. The number of hydrogen-bond donors (Lipinski definition) is 0. The Morgan fingerprint density at radius 2 is 2.05 bits per heavy atom. The summed E-state index contributed by atoms with van der Waals surface area (Å²) in [7, 11) is 0. The van der Waals surface area contributed by atoms with Crippen LogP contribution in [0.15, 0.2) is 24.3 Å². The fourth-order valence-electron chi connectivity index (χ4n) is 2.48. The predicted octanol–water partition coefficient (Wildman–Crippen LogP) is 2.16. The molecule has 5 nitrogen and oxygen atoms in total. The first-order valence-electron chi connectivity index (χ1n) is 7.15. The van der Waals surface area contributed by atoms with Crippen molar-refractivity contribution in [2.45, 2.75) is 38.9 Å². The SMILES string of the molecule is C=CCC1(CCC(=O)C2=CC(=O)OC2)COC(C)(C)OC1. The molecule has 0 spiro atoms. The molecule has 0 aromatic rings. The Balaban J connectivity index is 1.94. The van der Waals surface area contributed by atoms with Crippen LogP contribution in [-0.4, -0.2) is 37.4 Å². The van der Waals surface area contributed by atoms with Crippen molar-refractivity contribution in [3.05, 3.63) is 24.3 Å². The van der Waals surface area contributed by atoms with E-state index >= 15 is 0 Å². The second-order valence-corrected chi connectivity index (χ2v) is 6.17. The summed E-state index contributed by atoms with van der Waals surface area (Å²) >= 11 is 0. The summed E-state index contributed by atoms with van der Waals surface area (Å²) in [4.78, 5) is 23.1. The number of esters is 1. The third-order valence-electron chi connectivity index (χ3n) is 3.93. The first-order valence-corrected chi connectivity index (χ1v) is 7.15. The van der Waals surface area contributed by atoms with Crippen LogP contribution in [-0.2, 0) is 23.8 Å². The smallest absolute Gasteiger partial charge is 0.331 e. The number of carbonyl (C=O) groups is 2. The van der Waals surface area contributed by atoms with Gasteiger partial charge in [0.1, 0.15) is 6.61 Å².